The summed E-state index contributed by atoms with van der Waals surface area (Å²) < 4.78 is 0. The molecular weight excluding hydrogens is 182 g/mol. The first-order valence-electron chi connectivity index (χ1n) is 4.65. The Labute approximate surface area is 81.8 Å². The van der Waals surface area contributed by atoms with Gasteiger partial charge in [-0.25, -0.2) is 0 Å². The van der Waals surface area contributed by atoms with Crippen molar-refractivity contribution in [3.8, 4) is 0 Å². The lowest BCUT2D eigenvalue weighted by atomic mass is 9.98. The van der Waals surface area contributed by atoms with Crippen LogP contribution in [-0.2, 0) is 0 Å². The summed E-state index contributed by atoms with van der Waals surface area (Å²) >= 11 is 1.45. The third-order valence-electron chi connectivity index (χ3n) is 2.63. The number of anilines is 1. The van der Waals surface area contributed by atoms with Crippen LogP contribution in [-0.4, -0.2) is 5.78 Å². The highest BCUT2D eigenvalue weighted by atomic mass is 32.1. The van der Waals surface area contributed by atoms with Gasteiger partial charge in [0.05, 0.1) is 5.00 Å². The lowest BCUT2D eigenvalue weighted by molar-refractivity contribution is 0.0923. The Hall–Kier alpha value is -0.830. The molecule has 13 heavy (non-hydrogen) atoms. The van der Waals surface area contributed by atoms with Gasteiger partial charge < -0.3 is 5.73 Å². The monoisotopic (exact) mass is 195 g/mol. The highest BCUT2D eigenvalue weighted by molar-refractivity contribution is 7.14. The quantitative estimate of drug-likeness (QED) is 0.737. The number of ketones is 1. The molecular formula is C10H13NOS. The molecule has 2 rings (SSSR count). The Bertz CT molecular complexity index is 312. The number of hydrogen-bond acceptors (Lipinski definition) is 3. The van der Waals surface area contributed by atoms with E-state index in [0.717, 1.165) is 23.4 Å². The summed E-state index contributed by atoms with van der Waals surface area (Å²) in [6, 6.07) is 1.80. The van der Waals surface area contributed by atoms with E-state index in [1.54, 1.807) is 6.07 Å². The molecule has 1 aromatic rings. The maximum Gasteiger partial charge on any atom is 0.166 e. The summed E-state index contributed by atoms with van der Waals surface area (Å²) in [5, 5.41) is 2.61. The molecule has 0 bridgehead atoms. The standard InChI is InChI=1S/C10H13NOS/c11-9-5-8(6-13-9)10(12)7-3-1-2-4-7/h5-7H,1-4,11H2. The first kappa shape index (κ1) is 8.75. The highest BCUT2D eigenvalue weighted by Gasteiger charge is 2.24. The van der Waals surface area contributed by atoms with Crippen LogP contribution in [0.1, 0.15) is 36.0 Å². The maximum absolute atomic E-state index is 11.8. The molecule has 0 atom stereocenters. The van der Waals surface area contributed by atoms with Gasteiger partial charge >= 0.3 is 0 Å². The second-order valence-electron chi connectivity index (χ2n) is 3.58. The normalized spacial score (nSPS) is 17.8. The zero-order valence-corrected chi connectivity index (χ0v) is 8.27. The Morgan fingerprint density at radius 1 is 1.46 bits per heavy atom. The van der Waals surface area contributed by atoms with Crippen molar-refractivity contribution in [1.29, 1.82) is 0 Å². The van der Waals surface area contributed by atoms with Gasteiger partial charge in [-0.15, -0.1) is 11.3 Å². The minimum Gasteiger partial charge on any atom is -0.391 e. The molecule has 0 spiro atoms. The second-order valence-corrected chi connectivity index (χ2v) is 4.53. The summed E-state index contributed by atoms with van der Waals surface area (Å²) in [5.74, 6) is 0.569. The molecule has 0 radical (unpaired) electrons. The second kappa shape index (κ2) is 3.50. The number of thiophene rings is 1. The summed E-state index contributed by atoms with van der Waals surface area (Å²) in [5.41, 5.74) is 6.40. The fraction of sp³-hybridized carbons (Fsp3) is 0.500. The van der Waals surface area contributed by atoms with Gasteiger partial charge in [-0.3, -0.25) is 4.79 Å². The van der Waals surface area contributed by atoms with E-state index in [1.165, 1.54) is 24.2 Å². The van der Waals surface area contributed by atoms with E-state index in [4.69, 9.17) is 5.73 Å². The molecule has 2 nitrogen and oxygen atoms in total. The SMILES string of the molecule is Nc1cc(C(=O)C2CCCC2)cs1. The van der Waals surface area contributed by atoms with Gasteiger partial charge in [-0.1, -0.05) is 12.8 Å². The topological polar surface area (TPSA) is 43.1 Å². The van der Waals surface area contributed by atoms with Crippen LogP contribution >= 0.6 is 11.3 Å². The highest BCUT2D eigenvalue weighted by Crippen LogP contribution is 2.29. The van der Waals surface area contributed by atoms with E-state index in [0.29, 0.717) is 5.78 Å². The molecule has 1 aliphatic carbocycles. The smallest absolute Gasteiger partial charge is 0.166 e. The molecule has 0 aliphatic heterocycles. The van der Waals surface area contributed by atoms with E-state index in [2.05, 4.69) is 0 Å². The van der Waals surface area contributed by atoms with E-state index >= 15 is 0 Å². The fourth-order valence-electron chi connectivity index (χ4n) is 1.91. The van der Waals surface area contributed by atoms with Gasteiger partial charge in [-0.2, -0.15) is 0 Å². The van der Waals surface area contributed by atoms with Crippen molar-refractivity contribution in [2.24, 2.45) is 5.92 Å². The molecule has 1 aliphatic rings. The lowest BCUT2D eigenvalue weighted by Gasteiger charge is -2.04. The summed E-state index contributed by atoms with van der Waals surface area (Å²) in [4.78, 5) is 11.8. The van der Waals surface area contributed by atoms with E-state index in [-0.39, 0.29) is 5.92 Å². The number of hydrogen-bond donors (Lipinski definition) is 1. The van der Waals surface area contributed by atoms with Crippen molar-refractivity contribution >= 4 is 22.1 Å². The van der Waals surface area contributed by atoms with Gasteiger partial charge in [0.15, 0.2) is 5.78 Å². The van der Waals surface area contributed by atoms with Crippen LogP contribution in [0, 0.1) is 5.92 Å². The predicted octanol–water partition coefficient (Wildman–Crippen LogP) is 2.70. The first-order chi connectivity index (χ1) is 6.27. The molecule has 0 amide bonds. The molecule has 0 aromatic carbocycles. The molecule has 1 saturated carbocycles. The van der Waals surface area contributed by atoms with Gasteiger partial charge in [0.1, 0.15) is 0 Å². The van der Waals surface area contributed by atoms with Crippen molar-refractivity contribution in [3.63, 3.8) is 0 Å². The van der Waals surface area contributed by atoms with Crippen LogP contribution in [0.5, 0.6) is 0 Å². The van der Waals surface area contributed by atoms with E-state index in [1.807, 2.05) is 5.38 Å². The molecule has 1 fully saturated rings. The molecule has 0 unspecified atom stereocenters. The summed E-state index contributed by atoms with van der Waals surface area (Å²) in [6.07, 6.45) is 4.54. The van der Waals surface area contributed by atoms with E-state index in [9.17, 15) is 4.79 Å². The molecule has 1 heterocycles. The Morgan fingerprint density at radius 3 is 2.69 bits per heavy atom. The summed E-state index contributed by atoms with van der Waals surface area (Å²) in [7, 11) is 0. The van der Waals surface area contributed by atoms with Gasteiger partial charge in [0.2, 0.25) is 0 Å². The van der Waals surface area contributed by atoms with Crippen molar-refractivity contribution in [2.75, 3.05) is 5.73 Å². The summed E-state index contributed by atoms with van der Waals surface area (Å²) in [6.45, 7) is 0. The number of rotatable bonds is 2. The van der Waals surface area contributed by atoms with Crippen LogP contribution in [0.15, 0.2) is 11.4 Å². The van der Waals surface area contributed by atoms with Crippen LogP contribution in [0.2, 0.25) is 0 Å². The van der Waals surface area contributed by atoms with Crippen LogP contribution in [0.25, 0.3) is 0 Å². The van der Waals surface area contributed by atoms with Crippen LogP contribution in [0.3, 0.4) is 0 Å². The van der Waals surface area contributed by atoms with Crippen molar-refractivity contribution < 1.29 is 4.79 Å². The largest absolute Gasteiger partial charge is 0.391 e. The predicted molar refractivity (Wildman–Crippen MR) is 55.0 cm³/mol. The Kier molecular flexibility index (Phi) is 2.36. The molecule has 2 N–H and O–H groups in total. The average Bonchev–Trinajstić information content (AvgIpc) is 2.72. The number of Topliss-reactive ketones (excluding diaryl/α,β-unsaturated/α-hetero) is 1. The number of nitrogens with two attached hydrogens (primary N) is 1. The molecule has 0 saturated heterocycles. The number of carbonyl (C=O) groups is 1. The lowest BCUT2D eigenvalue weighted by Crippen LogP contribution is -2.09. The Balaban J connectivity index is 2.12. The van der Waals surface area contributed by atoms with Gasteiger partial charge in [-0.05, 0) is 18.9 Å². The average molecular weight is 195 g/mol. The fourth-order valence-corrected chi connectivity index (χ4v) is 2.55. The van der Waals surface area contributed by atoms with Gasteiger partial charge in [0, 0.05) is 16.9 Å². The molecule has 70 valence electrons. The van der Waals surface area contributed by atoms with Crippen LogP contribution in [0.4, 0.5) is 5.00 Å². The number of nitrogen functional groups attached to an aromatic ring is 1. The minimum atomic E-state index is 0.272. The first-order valence-corrected chi connectivity index (χ1v) is 5.53. The maximum atomic E-state index is 11.8. The third-order valence-corrected chi connectivity index (χ3v) is 3.39. The third kappa shape index (κ3) is 1.75. The van der Waals surface area contributed by atoms with Crippen molar-refractivity contribution in [1.82, 2.24) is 0 Å². The zero-order chi connectivity index (χ0) is 9.26. The zero-order valence-electron chi connectivity index (χ0n) is 7.45. The Morgan fingerprint density at radius 2 is 2.15 bits per heavy atom. The number of carbonyl (C=O) groups excluding carboxylic acids is 1. The van der Waals surface area contributed by atoms with Crippen molar-refractivity contribution in [3.05, 3.63) is 17.0 Å². The molecule has 3 heteroatoms. The van der Waals surface area contributed by atoms with Gasteiger partial charge in [0.25, 0.3) is 0 Å². The minimum absolute atomic E-state index is 0.272. The van der Waals surface area contributed by atoms with Crippen LogP contribution < -0.4 is 5.73 Å². The van der Waals surface area contributed by atoms with Crippen molar-refractivity contribution in [2.45, 2.75) is 25.7 Å². The van der Waals surface area contributed by atoms with E-state index < -0.39 is 0 Å². The molecule has 1 aromatic heterocycles.